The zero-order valence-electron chi connectivity index (χ0n) is 21.6. The summed E-state index contributed by atoms with van der Waals surface area (Å²) in [6.07, 6.45) is 0.239. The number of aliphatic hydroxyl groups is 3. The van der Waals surface area contributed by atoms with Crippen LogP contribution in [0.3, 0.4) is 0 Å². The number of hydrogen-bond donors (Lipinski definition) is 5. The van der Waals surface area contributed by atoms with Crippen molar-refractivity contribution in [3.63, 3.8) is 0 Å². The number of rotatable bonds is 2. The van der Waals surface area contributed by atoms with Crippen LogP contribution in [0.5, 0.6) is 5.75 Å². The van der Waals surface area contributed by atoms with E-state index in [2.05, 4.69) is 17.2 Å². The molecule has 5 N–H and O–H groups in total. The molecule has 1 amide bonds. The van der Waals surface area contributed by atoms with Crippen molar-refractivity contribution in [3.05, 3.63) is 81.6 Å². The molecule has 2 aromatic rings. The van der Waals surface area contributed by atoms with E-state index in [1.165, 1.54) is 18.0 Å². The number of nitrogens with one attached hydrogen (secondary N) is 1. The Morgan fingerprint density at radius 2 is 1.74 bits per heavy atom. The highest BCUT2D eigenvalue weighted by Gasteiger charge is 2.64. The monoisotopic (exact) mass is 528 g/mol. The standard InChI is InChI=1S/C30H28N2O7/c1-31-29(38)23-26(35)24(32(2)3)19-14-17-13-18-16(10-9-15-7-5-4-6-8-15)11-12-20(33)22(18)25(34)21(17)27(36)30(19,39)28(23)37/h4-8,11-12,17,19,24,33-34,37,39H,13-14H2,1-3H3,(H,31,38)/t17-,19-,24-,30-/m0/s1. The smallest absolute Gasteiger partial charge is 0.258 e. The van der Waals surface area contributed by atoms with Crippen LogP contribution < -0.4 is 5.32 Å². The van der Waals surface area contributed by atoms with E-state index in [0.29, 0.717) is 11.1 Å². The first-order valence-electron chi connectivity index (χ1n) is 12.5. The van der Waals surface area contributed by atoms with Crippen molar-refractivity contribution >= 4 is 23.2 Å². The molecule has 0 unspecified atom stereocenters. The number of carbonyl (C=O) groups is 3. The van der Waals surface area contributed by atoms with Crippen LogP contribution in [0.4, 0.5) is 0 Å². The maximum atomic E-state index is 14.0. The largest absolute Gasteiger partial charge is 0.508 e. The zero-order valence-corrected chi connectivity index (χ0v) is 21.6. The fraction of sp³-hybridized carbons (Fsp3) is 0.300. The lowest BCUT2D eigenvalue weighted by atomic mass is 9.57. The first-order chi connectivity index (χ1) is 18.5. The number of amides is 1. The summed E-state index contributed by atoms with van der Waals surface area (Å²) < 4.78 is 0. The minimum atomic E-state index is -2.62. The van der Waals surface area contributed by atoms with E-state index in [0.717, 1.165) is 5.56 Å². The Morgan fingerprint density at radius 1 is 1.05 bits per heavy atom. The molecule has 0 aromatic heterocycles. The van der Waals surface area contributed by atoms with E-state index in [9.17, 15) is 34.8 Å². The van der Waals surface area contributed by atoms with Gasteiger partial charge in [-0.3, -0.25) is 19.3 Å². The average Bonchev–Trinajstić information content (AvgIpc) is 2.90. The Hall–Kier alpha value is -4.39. The number of Topliss-reactive ketones (excluding diaryl/α,β-unsaturated/α-hetero) is 2. The number of phenolic OH excluding ortho intramolecular Hbond substituents is 1. The summed E-state index contributed by atoms with van der Waals surface area (Å²) in [5.74, 6) is -0.0506. The van der Waals surface area contributed by atoms with Crippen molar-refractivity contribution in [3.8, 4) is 17.6 Å². The SMILES string of the molecule is CNC(=O)C1=C(O)[C@@]2(O)C(=O)C3=C(O)c4c(O)ccc(C#Cc5ccccc5)c4C[C@H]3C[C@H]2[C@H](N(C)C)C1=O. The third-order valence-corrected chi connectivity index (χ3v) is 7.93. The van der Waals surface area contributed by atoms with Gasteiger partial charge in [0.15, 0.2) is 11.4 Å². The molecule has 1 saturated carbocycles. The van der Waals surface area contributed by atoms with E-state index in [1.54, 1.807) is 20.2 Å². The second-order valence-corrected chi connectivity index (χ2v) is 10.3. The summed E-state index contributed by atoms with van der Waals surface area (Å²) in [6, 6.07) is 11.2. The highest BCUT2D eigenvalue weighted by Crippen LogP contribution is 2.52. The van der Waals surface area contributed by atoms with E-state index in [-0.39, 0.29) is 29.7 Å². The van der Waals surface area contributed by atoms with Crippen molar-refractivity contribution in [1.29, 1.82) is 0 Å². The number of nitrogens with zero attached hydrogens (tertiary/aromatic N) is 1. The van der Waals surface area contributed by atoms with Gasteiger partial charge in [0.25, 0.3) is 5.91 Å². The fourth-order valence-electron chi connectivity index (χ4n) is 6.13. The fourth-order valence-corrected chi connectivity index (χ4v) is 6.13. The lowest BCUT2D eigenvalue weighted by molar-refractivity contribution is -0.153. The predicted octanol–water partition coefficient (Wildman–Crippen LogP) is 1.62. The first-order valence-corrected chi connectivity index (χ1v) is 12.5. The van der Waals surface area contributed by atoms with Crippen LogP contribution in [0.25, 0.3) is 5.76 Å². The van der Waals surface area contributed by atoms with Crippen LogP contribution in [0.15, 0.2) is 59.4 Å². The van der Waals surface area contributed by atoms with Crippen molar-refractivity contribution in [2.24, 2.45) is 11.8 Å². The molecule has 9 heteroatoms. The van der Waals surface area contributed by atoms with Crippen molar-refractivity contribution in [1.82, 2.24) is 10.2 Å². The zero-order chi connectivity index (χ0) is 28.2. The van der Waals surface area contributed by atoms with Gasteiger partial charge in [0.05, 0.1) is 11.6 Å². The number of fused-ring (bicyclic) bond motifs is 3. The van der Waals surface area contributed by atoms with E-state index < -0.39 is 58.0 Å². The highest BCUT2D eigenvalue weighted by atomic mass is 16.3. The maximum Gasteiger partial charge on any atom is 0.258 e. The third-order valence-electron chi connectivity index (χ3n) is 7.93. The van der Waals surface area contributed by atoms with E-state index in [1.807, 2.05) is 30.3 Å². The normalized spacial score (nSPS) is 25.9. The Kier molecular flexibility index (Phi) is 6.33. The molecular formula is C30H28N2O7. The van der Waals surface area contributed by atoms with Gasteiger partial charge < -0.3 is 25.7 Å². The van der Waals surface area contributed by atoms with Gasteiger partial charge in [0.1, 0.15) is 22.8 Å². The summed E-state index contributed by atoms with van der Waals surface area (Å²) in [5.41, 5.74) is -1.59. The topological polar surface area (TPSA) is 147 Å². The average molecular weight is 529 g/mol. The number of ketones is 2. The molecule has 0 radical (unpaired) electrons. The molecule has 1 fully saturated rings. The van der Waals surface area contributed by atoms with Gasteiger partial charge in [-0.2, -0.15) is 0 Å². The van der Waals surface area contributed by atoms with E-state index in [4.69, 9.17) is 0 Å². The third kappa shape index (κ3) is 3.83. The molecule has 5 rings (SSSR count). The molecule has 2 aromatic carbocycles. The van der Waals surface area contributed by atoms with Gasteiger partial charge in [-0.1, -0.05) is 30.0 Å². The summed E-state index contributed by atoms with van der Waals surface area (Å²) >= 11 is 0. The van der Waals surface area contributed by atoms with Crippen LogP contribution in [0, 0.1) is 23.7 Å². The summed E-state index contributed by atoms with van der Waals surface area (Å²) in [7, 11) is 4.44. The molecule has 0 spiro atoms. The molecule has 200 valence electrons. The van der Waals surface area contributed by atoms with Gasteiger partial charge in [0, 0.05) is 29.7 Å². The summed E-state index contributed by atoms with van der Waals surface area (Å²) in [5, 5.41) is 47.1. The Morgan fingerprint density at radius 3 is 2.38 bits per heavy atom. The summed E-state index contributed by atoms with van der Waals surface area (Å²) in [6.45, 7) is 0. The molecule has 4 atom stereocenters. The molecule has 9 nitrogen and oxygen atoms in total. The predicted molar refractivity (Wildman–Crippen MR) is 142 cm³/mol. The summed E-state index contributed by atoms with van der Waals surface area (Å²) in [4.78, 5) is 41.4. The number of likely N-dealkylation sites (N-methyl/N-ethyl adjacent to an activating group) is 2. The number of carbonyl (C=O) groups excluding carboxylic acids is 3. The van der Waals surface area contributed by atoms with Crippen LogP contribution in [0.2, 0.25) is 0 Å². The lowest BCUT2D eigenvalue weighted by Crippen LogP contribution is -2.65. The van der Waals surface area contributed by atoms with Gasteiger partial charge in [-0.15, -0.1) is 0 Å². The molecular weight excluding hydrogens is 500 g/mol. The van der Waals surface area contributed by atoms with Crippen molar-refractivity contribution < 1.29 is 34.8 Å². The molecule has 0 bridgehead atoms. The van der Waals surface area contributed by atoms with Crippen LogP contribution in [-0.2, 0) is 20.8 Å². The maximum absolute atomic E-state index is 14.0. The number of aliphatic hydroxyl groups excluding tert-OH is 2. The minimum absolute atomic E-state index is 0.0301. The first kappa shape index (κ1) is 26.2. The number of benzene rings is 2. The van der Waals surface area contributed by atoms with Crippen LogP contribution >= 0.6 is 0 Å². The van der Waals surface area contributed by atoms with Crippen LogP contribution in [-0.4, -0.2) is 75.6 Å². The molecule has 0 heterocycles. The van der Waals surface area contributed by atoms with Crippen molar-refractivity contribution in [2.45, 2.75) is 24.5 Å². The van der Waals surface area contributed by atoms with Gasteiger partial charge >= 0.3 is 0 Å². The number of aromatic hydroxyl groups is 1. The second-order valence-electron chi connectivity index (χ2n) is 10.3. The lowest BCUT2D eigenvalue weighted by Gasteiger charge is -2.50. The van der Waals surface area contributed by atoms with Gasteiger partial charge in [-0.25, -0.2) is 0 Å². The van der Waals surface area contributed by atoms with Crippen molar-refractivity contribution in [2.75, 3.05) is 21.1 Å². The Labute approximate surface area is 225 Å². The molecule has 3 aliphatic carbocycles. The van der Waals surface area contributed by atoms with Crippen LogP contribution in [0.1, 0.15) is 28.7 Å². The second kappa shape index (κ2) is 9.42. The molecule has 0 aliphatic heterocycles. The van der Waals surface area contributed by atoms with Gasteiger partial charge in [-0.05, 0) is 62.7 Å². The minimum Gasteiger partial charge on any atom is -0.508 e. The van der Waals surface area contributed by atoms with Gasteiger partial charge in [0.2, 0.25) is 5.78 Å². The Bertz CT molecular complexity index is 1540. The Balaban J connectivity index is 1.69. The quantitative estimate of drug-likeness (QED) is 0.292. The number of phenols is 1. The van der Waals surface area contributed by atoms with E-state index >= 15 is 0 Å². The number of hydrogen-bond acceptors (Lipinski definition) is 8. The molecule has 3 aliphatic rings. The molecule has 39 heavy (non-hydrogen) atoms. The highest BCUT2D eigenvalue weighted by molar-refractivity contribution is 6.24. The molecule has 0 saturated heterocycles.